The van der Waals surface area contributed by atoms with Crippen LogP contribution in [0.15, 0.2) is 115 Å². The summed E-state index contributed by atoms with van der Waals surface area (Å²) in [5.41, 5.74) is 3.70. The van der Waals surface area contributed by atoms with Gasteiger partial charge in [0.15, 0.2) is 5.60 Å². The number of ether oxygens (including phenoxy) is 1. The zero-order valence-electron chi connectivity index (χ0n) is 15.9. The number of carbonyl (C=O) groups is 1. The lowest BCUT2D eigenvalue weighted by Gasteiger charge is -2.45. The normalized spacial score (nSPS) is 17.2. The zero-order valence-corrected chi connectivity index (χ0v) is 15.9. The Bertz CT molecular complexity index is 1100. The van der Waals surface area contributed by atoms with Gasteiger partial charge in [0.2, 0.25) is 0 Å². The highest BCUT2D eigenvalue weighted by molar-refractivity contribution is 5.94. The van der Waals surface area contributed by atoms with E-state index in [9.17, 15) is 4.79 Å². The lowest BCUT2D eigenvalue weighted by molar-refractivity contribution is -0.0159. The van der Waals surface area contributed by atoms with Crippen molar-refractivity contribution in [2.75, 3.05) is 0 Å². The summed E-state index contributed by atoms with van der Waals surface area (Å²) in [5.74, 6) is -0.456. The Kier molecular flexibility index (Phi) is 4.25. The quantitative estimate of drug-likeness (QED) is 0.414. The maximum Gasteiger partial charge on any atom is 0.339 e. The third-order valence-corrected chi connectivity index (χ3v) is 5.69. The Morgan fingerprint density at radius 2 is 1.07 bits per heavy atom. The van der Waals surface area contributed by atoms with Crippen molar-refractivity contribution in [3.8, 4) is 0 Å². The average Bonchev–Trinajstić information content (AvgIpc) is 2.81. The largest absolute Gasteiger partial charge is 0.445 e. The molecule has 1 heterocycles. The first-order valence-electron chi connectivity index (χ1n) is 9.79. The van der Waals surface area contributed by atoms with Crippen molar-refractivity contribution in [1.29, 1.82) is 0 Å². The van der Waals surface area contributed by atoms with Gasteiger partial charge in [0, 0.05) is 11.1 Å². The minimum atomic E-state index is -0.949. The Hall–Kier alpha value is -3.65. The number of hydrogen-bond acceptors (Lipinski definition) is 2. The van der Waals surface area contributed by atoms with E-state index in [2.05, 4.69) is 12.1 Å². The third kappa shape index (κ3) is 2.76. The number of rotatable bonds is 3. The molecule has 4 aromatic rings. The maximum atomic E-state index is 13.2. The molecule has 29 heavy (non-hydrogen) atoms. The average molecular weight is 376 g/mol. The second-order valence-electron chi connectivity index (χ2n) is 7.29. The van der Waals surface area contributed by atoms with Gasteiger partial charge in [0.25, 0.3) is 0 Å². The van der Waals surface area contributed by atoms with E-state index in [4.69, 9.17) is 4.74 Å². The first kappa shape index (κ1) is 17.4. The first-order valence-corrected chi connectivity index (χ1v) is 9.79. The van der Waals surface area contributed by atoms with Crippen LogP contribution in [0.25, 0.3) is 0 Å². The Morgan fingerprint density at radius 1 is 0.586 bits per heavy atom. The lowest BCUT2D eigenvalue weighted by atomic mass is 9.67. The fourth-order valence-corrected chi connectivity index (χ4v) is 4.46. The van der Waals surface area contributed by atoms with Crippen molar-refractivity contribution in [3.05, 3.63) is 143 Å². The molecule has 0 amide bonds. The van der Waals surface area contributed by atoms with Crippen LogP contribution >= 0.6 is 0 Å². The van der Waals surface area contributed by atoms with E-state index in [0.29, 0.717) is 5.56 Å². The number of benzene rings is 4. The minimum absolute atomic E-state index is 0.164. The summed E-state index contributed by atoms with van der Waals surface area (Å²) in [4.78, 5) is 13.2. The van der Waals surface area contributed by atoms with Crippen LogP contribution < -0.4 is 0 Å². The van der Waals surface area contributed by atoms with Gasteiger partial charge in [-0.2, -0.15) is 0 Å². The monoisotopic (exact) mass is 376 g/mol. The topological polar surface area (TPSA) is 26.3 Å². The van der Waals surface area contributed by atoms with Gasteiger partial charge in [0.1, 0.15) is 0 Å². The van der Waals surface area contributed by atoms with Gasteiger partial charge in [-0.1, -0.05) is 109 Å². The van der Waals surface area contributed by atoms with E-state index in [-0.39, 0.29) is 11.9 Å². The van der Waals surface area contributed by atoms with Gasteiger partial charge in [-0.3, -0.25) is 0 Å². The Balaban J connectivity index is 1.89. The van der Waals surface area contributed by atoms with Gasteiger partial charge in [0.05, 0.1) is 11.5 Å². The molecule has 0 radical (unpaired) electrons. The maximum absolute atomic E-state index is 13.2. The number of cyclic esters (lactones) is 1. The van der Waals surface area contributed by atoms with Gasteiger partial charge >= 0.3 is 5.97 Å². The van der Waals surface area contributed by atoms with Gasteiger partial charge in [-0.25, -0.2) is 4.79 Å². The molecule has 1 aliphatic heterocycles. The molecule has 0 aliphatic carbocycles. The highest BCUT2D eigenvalue weighted by Crippen LogP contribution is 2.52. The molecule has 0 saturated heterocycles. The molecule has 0 fully saturated rings. The molecule has 4 aromatic carbocycles. The molecule has 0 aromatic heterocycles. The van der Waals surface area contributed by atoms with Gasteiger partial charge in [-0.05, 0) is 17.2 Å². The van der Waals surface area contributed by atoms with E-state index >= 15 is 0 Å². The highest BCUT2D eigenvalue weighted by atomic mass is 16.6. The molecule has 1 atom stereocenters. The predicted octanol–water partition coefficient (Wildman–Crippen LogP) is 5.93. The second-order valence-corrected chi connectivity index (χ2v) is 7.29. The van der Waals surface area contributed by atoms with Crippen molar-refractivity contribution in [3.63, 3.8) is 0 Å². The van der Waals surface area contributed by atoms with Crippen LogP contribution in [0, 0.1) is 0 Å². The van der Waals surface area contributed by atoms with Crippen molar-refractivity contribution in [2.45, 2.75) is 11.5 Å². The van der Waals surface area contributed by atoms with Gasteiger partial charge in [-0.15, -0.1) is 0 Å². The summed E-state index contributed by atoms with van der Waals surface area (Å²) in [6.07, 6.45) is 0. The summed E-state index contributed by atoms with van der Waals surface area (Å²) in [6.45, 7) is 0. The fraction of sp³-hybridized carbons (Fsp3) is 0.0741. The smallest absolute Gasteiger partial charge is 0.339 e. The highest BCUT2D eigenvalue weighted by Gasteiger charge is 2.51. The number of hydrogen-bond donors (Lipinski definition) is 0. The molecule has 2 heteroatoms. The van der Waals surface area contributed by atoms with Crippen molar-refractivity contribution in [2.24, 2.45) is 0 Å². The molecule has 2 nitrogen and oxygen atoms in total. The van der Waals surface area contributed by atoms with E-state index in [1.165, 1.54) is 0 Å². The van der Waals surface area contributed by atoms with Crippen LogP contribution in [-0.2, 0) is 10.3 Å². The van der Waals surface area contributed by atoms with E-state index < -0.39 is 5.60 Å². The van der Waals surface area contributed by atoms with E-state index in [1.807, 2.05) is 103 Å². The van der Waals surface area contributed by atoms with Crippen molar-refractivity contribution >= 4 is 5.97 Å². The molecule has 0 N–H and O–H groups in total. The van der Waals surface area contributed by atoms with Crippen LogP contribution in [0.5, 0.6) is 0 Å². The predicted molar refractivity (Wildman–Crippen MR) is 114 cm³/mol. The molecule has 0 spiro atoms. The molecular weight excluding hydrogens is 356 g/mol. The molecule has 0 bridgehead atoms. The van der Waals surface area contributed by atoms with E-state index in [1.54, 1.807) is 0 Å². The molecule has 0 saturated carbocycles. The van der Waals surface area contributed by atoms with Crippen LogP contribution in [0.2, 0.25) is 0 Å². The summed E-state index contributed by atoms with van der Waals surface area (Å²) in [7, 11) is 0. The number of esters is 1. The number of carbonyl (C=O) groups excluding carboxylic acids is 1. The molecular formula is C27H20O2. The van der Waals surface area contributed by atoms with Crippen LogP contribution in [-0.4, -0.2) is 5.97 Å². The Labute approximate surface area is 170 Å². The standard InChI is InChI=1S/C27H20O2/c28-26-24-19-11-10-18-23(24)25(20-12-4-1-5-13-20)27(29-26,21-14-6-2-7-15-21)22-16-8-3-9-17-22/h1-19,25H. The summed E-state index contributed by atoms with van der Waals surface area (Å²) < 4.78 is 6.40. The molecule has 140 valence electrons. The fourth-order valence-electron chi connectivity index (χ4n) is 4.46. The minimum Gasteiger partial charge on any atom is -0.445 e. The first-order chi connectivity index (χ1) is 14.3. The van der Waals surface area contributed by atoms with Crippen LogP contribution in [0.4, 0.5) is 0 Å². The zero-order chi connectivity index (χ0) is 19.7. The molecule has 5 rings (SSSR count). The lowest BCUT2D eigenvalue weighted by Crippen LogP contribution is -2.44. The molecule has 1 aliphatic rings. The number of fused-ring (bicyclic) bond motifs is 1. The SMILES string of the molecule is O=C1OC(c2ccccc2)(c2ccccc2)C(c2ccccc2)c2ccccc21. The summed E-state index contributed by atoms with van der Waals surface area (Å²) >= 11 is 0. The second kappa shape index (κ2) is 7.06. The Morgan fingerprint density at radius 3 is 1.66 bits per heavy atom. The van der Waals surface area contributed by atoms with Gasteiger partial charge < -0.3 is 4.74 Å². The third-order valence-electron chi connectivity index (χ3n) is 5.69. The van der Waals surface area contributed by atoms with E-state index in [0.717, 1.165) is 22.3 Å². The van der Waals surface area contributed by atoms with Crippen molar-refractivity contribution in [1.82, 2.24) is 0 Å². The van der Waals surface area contributed by atoms with Crippen molar-refractivity contribution < 1.29 is 9.53 Å². The van der Waals surface area contributed by atoms with Crippen LogP contribution in [0.3, 0.4) is 0 Å². The van der Waals surface area contributed by atoms with Crippen LogP contribution in [0.1, 0.15) is 38.5 Å². The summed E-state index contributed by atoms with van der Waals surface area (Å²) in [5, 5.41) is 0. The summed E-state index contributed by atoms with van der Waals surface area (Å²) in [6, 6.07) is 38.2. The molecule has 1 unspecified atom stereocenters.